The zero-order valence-electron chi connectivity index (χ0n) is 22.9. The van der Waals surface area contributed by atoms with Crippen LogP contribution in [0.5, 0.6) is 0 Å². The van der Waals surface area contributed by atoms with Gasteiger partial charge in [0.15, 0.2) is 5.82 Å². The van der Waals surface area contributed by atoms with Crippen molar-refractivity contribution in [3.8, 4) is 0 Å². The number of anilines is 3. The summed E-state index contributed by atoms with van der Waals surface area (Å²) in [6.45, 7) is 0. The summed E-state index contributed by atoms with van der Waals surface area (Å²) in [4.78, 5) is 47.6. The molecule has 1 saturated heterocycles. The molecule has 42 heavy (non-hydrogen) atoms. The number of imidazole rings is 1. The number of aliphatic hydroxyl groups is 3. The van der Waals surface area contributed by atoms with E-state index in [1.54, 1.807) is 31.3 Å². The van der Waals surface area contributed by atoms with Crippen LogP contribution in [0.1, 0.15) is 43.7 Å². The van der Waals surface area contributed by atoms with Gasteiger partial charge in [0, 0.05) is 56.9 Å². The van der Waals surface area contributed by atoms with E-state index < -0.39 is 17.3 Å². The second-order valence-corrected chi connectivity index (χ2v) is 11.0. The molecular formula is C26H31N9O7. The number of nitrogens with one attached hydrogen (secondary N) is 3. The molecule has 4 heterocycles. The highest BCUT2D eigenvalue weighted by Gasteiger charge is 2.63. The second-order valence-electron chi connectivity index (χ2n) is 11.0. The molecule has 0 aromatic carbocycles. The number of carbonyl (C=O) groups excluding carboxylic acids is 2. The van der Waals surface area contributed by atoms with Crippen molar-refractivity contribution in [2.24, 2.45) is 0 Å². The van der Waals surface area contributed by atoms with Crippen molar-refractivity contribution in [2.45, 2.75) is 61.9 Å². The van der Waals surface area contributed by atoms with Gasteiger partial charge in [-0.15, -0.1) is 0 Å². The molecule has 2 unspecified atom stereocenters. The molecule has 0 bridgehead atoms. The first-order chi connectivity index (χ1) is 20.0. The number of methoxy groups -OCH3 is 1. The van der Waals surface area contributed by atoms with Crippen LogP contribution in [-0.4, -0.2) is 89.7 Å². The number of ether oxygens (including phenoxy) is 1. The summed E-state index contributed by atoms with van der Waals surface area (Å²) < 4.78 is 7.18. The largest absolute Gasteiger partial charge is 0.381 e. The Morgan fingerprint density at radius 2 is 1.98 bits per heavy atom. The molecule has 0 radical (unpaired) electrons. The maximum atomic E-state index is 13.4. The Morgan fingerprint density at radius 1 is 1.21 bits per heavy atom. The fourth-order valence-corrected chi connectivity index (χ4v) is 6.25. The summed E-state index contributed by atoms with van der Waals surface area (Å²) in [5.41, 5.74) is 1.87. The number of hydrogen-bond acceptors (Lipinski definition) is 12. The van der Waals surface area contributed by atoms with Crippen LogP contribution in [0.15, 0.2) is 29.2 Å². The Kier molecular flexibility index (Phi) is 6.53. The number of hydrogen-bond donors (Lipinski definition) is 6. The van der Waals surface area contributed by atoms with Crippen LogP contribution >= 0.6 is 0 Å². The summed E-state index contributed by atoms with van der Waals surface area (Å²) >= 11 is 0. The van der Waals surface area contributed by atoms with E-state index in [9.17, 15) is 29.7 Å². The Morgan fingerprint density at radius 3 is 2.62 bits per heavy atom. The van der Waals surface area contributed by atoms with Gasteiger partial charge in [-0.2, -0.15) is 0 Å². The van der Waals surface area contributed by atoms with Gasteiger partial charge in [-0.3, -0.25) is 24.6 Å². The smallest absolute Gasteiger partial charge is 0.377 e. The highest BCUT2D eigenvalue weighted by Crippen LogP contribution is 2.46. The van der Waals surface area contributed by atoms with Crippen LogP contribution in [0.3, 0.4) is 0 Å². The molecule has 1 spiro atoms. The monoisotopic (exact) mass is 581 g/mol. The van der Waals surface area contributed by atoms with Gasteiger partial charge in [0.25, 0.3) is 5.91 Å². The van der Waals surface area contributed by atoms with Crippen LogP contribution in [0, 0.1) is 5.41 Å². The molecule has 2 amide bonds. The van der Waals surface area contributed by atoms with Crippen molar-refractivity contribution < 1.29 is 29.6 Å². The summed E-state index contributed by atoms with van der Waals surface area (Å²) in [5, 5.41) is 42.5. The van der Waals surface area contributed by atoms with Crippen LogP contribution in [-0.2, 0) is 20.4 Å². The average molecular weight is 582 g/mol. The summed E-state index contributed by atoms with van der Waals surface area (Å²) in [7, 11) is 3.26. The molecule has 2 atom stereocenters. The van der Waals surface area contributed by atoms with Crippen molar-refractivity contribution in [3.05, 3.63) is 40.4 Å². The van der Waals surface area contributed by atoms with Crippen LogP contribution in [0.4, 0.5) is 17.5 Å². The number of fused-ring (bicyclic) bond motifs is 1. The maximum Gasteiger partial charge on any atom is 0.377 e. The standard InChI is InChI=1S/C26H31N9O7/c1-32(13-36)15-4-5-16(7-15)33-18-8-21(28-12-19(18)34(24(33)38)26(39,40)41)29-20-6-3-14(11-27)22(30-20)35-25(23(37)31-35)9-17(10-25)42-2/h3,6,8,11-13,15-17,27,39-41H,4-5,7,9-10H2,1-2H3,(H,31,37)(H,28,29,30). The van der Waals surface area contributed by atoms with Gasteiger partial charge in [-0.05, 0) is 31.4 Å². The van der Waals surface area contributed by atoms with E-state index in [0.29, 0.717) is 53.9 Å². The van der Waals surface area contributed by atoms with Crippen LogP contribution in [0.2, 0.25) is 0 Å². The van der Waals surface area contributed by atoms with Crippen molar-refractivity contribution in [3.63, 3.8) is 0 Å². The fourth-order valence-electron chi connectivity index (χ4n) is 6.25. The van der Waals surface area contributed by atoms with Crippen molar-refractivity contribution in [1.29, 1.82) is 5.41 Å². The molecule has 2 aliphatic carbocycles. The lowest BCUT2D eigenvalue weighted by atomic mass is 9.70. The molecule has 1 aliphatic heterocycles. The zero-order chi connectivity index (χ0) is 30.0. The number of amides is 2. The molecular weight excluding hydrogens is 550 g/mol. The third-order valence-corrected chi connectivity index (χ3v) is 8.60. The average Bonchev–Trinajstić information content (AvgIpc) is 3.52. The van der Waals surface area contributed by atoms with E-state index in [4.69, 9.17) is 10.1 Å². The first kappa shape index (κ1) is 27.8. The van der Waals surface area contributed by atoms with E-state index in [0.717, 1.165) is 12.6 Å². The Labute approximate surface area is 238 Å². The van der Waals surface area contributed by atoms with E-state index >= 15 is 0 Å². The highest BCUT2D eigenvalue weighted by atomic mass is 16.7. The van der Waals surface area contributed by atoms with Crippen LogP contribution in [0.25, 0.3) is 11.0 Å². The second kappa shape index (κ2) is 9.87. The maximum absolute atomic E-state index is 13.4. The number of nitrogens with zero attached hydrogens (tertiary/aromatic N) is 6. The molecule has 6 N–H and O–H groups in total. The summed E-state index contributed by atoms with van der Waals surface area (Å²) in [5.74, 6) is 0.834. The molecule has 6 rings (SSSR count). The minimum Gasteiger partial charge on any atom is -0.381 e. The SMILES string of the molecule is COC1CC2(C1)C(=O)NN2c1nc(Nc2cc3c(cn2)n(C(O)(O)O)c(=O)n3C2CCC(N(C)C=O)C2)ccc1C=N. The minimum absolute atomic E-state index is 0.0130. The lowest BCUT2D eigenvalue weighted by Crippen LogP contribution is -2.82. The van der Waals surface area contributed by atoms with Crippen molar-refractivity contribution in [1.82, 2.24) is 29.4 Å². The molecule has 3 aromatic heterocycles. The van der Waals surface area contributed by atoms with E-state index in [-0.39, 0.29) is 40.9 Å². The van der Waals surface area contributed by atoms with Crippen molar-refractivity contribution in [2.75, 3.05) is 24.5 Å². The summed E-state index contributed by atoms with van der Waals surface area (Å²) in [6, 6.07) is 4.36. The zero-order valence-corrected chi connectivity index (χ0v) is 22.9. The molecule has 16 heteroatoms. The number of carbonyl (C=O) groups is 2. The van der Waals surface area contributed by atoms with Crippen LogP contribution < -0.4 is 21.4 Å². The van der Waals surface area contributed by atoms with Gasteiger partial charge in [0.05, 0.1) is 23.3 Å². The predicted octanol–water partition coefficient (Wildman–Crippen LogP) is -0.540. The third-order valence-electron chi connectivity index (χ3n) is 8.60. The molecule has 3 fully saturated rings. The molecule has 3 aliphatic rings. The van der Waals surface area contributed by atoms with Gasteiger partial charge in [0.1, 0.15) is 17.2 Å². The quantitative estimate of drug-likeness (QED) is 0.107. The van der Waals surface area contributed by atoms with Gasteiger partial charge < -0.3 is 35.7 Å². The van der Waals surface area contributed by atoms with Gasteiger partial charge >= 0.3 is 11.8 Å². The summed E-state index contributed by atoms with van der Waals surface area (Å²) in [6.07, 6.45) is 2.22. The molecule has 2 saturated carbocycles. The Bertz CT molecular complexity index is 1640. The van der Waals surface area contributed by atoms with E-state index in [1.807, 2.05) is 0 Å². The lowest BCUT2D eigenvalue weighted by Gasteiger charge is -2.59. The normalized spacial score (nSPS) is 25.2. The topological polar surface area (TPSA) is 211 Å². The first-order valence-corrected chi connectivity index (χ1v) is 13.4. The van der Waals surface area contributed by atoms with Gasteiger partial charge in [-0.25, -0.2) is 19.3 Å². The minimum atomic E-state index is -3.46. The molecule has 16 nitrogen and oxygen atoms in total. The Balaban J connectivity index is 1.35. The molecule has 222 valence electrons. The third kappa shape index (κ3) is 4.22. The van der Waals surface area contributed by atoms with Crippen molar-refractivity contribution >= 4 is 47.0 Å². The van der Waals surface area contributed by atoms with E-state index in [1.165, 1.54) is 21.7 Å². The number of pyridine rings is 2. The first-order valence-electron chi connectivity index (χ1n) is 13.4. The number of hydrazine groups is 1. The van der Waals surface area contributed by atoms with E-state index in [2.05, 4.69) is 20.7 Å². The lowest BCUT2D eigenvalue weighted by molar-refractivity contribution is -0.374. The highest BCUT2D eigenvalue weighted by molar-refractivity contribution is 6.01. The Hall–Kier alpha value is -4.38. The predicted molar refractivity (Wildman–Crippen MR) is 148 cm³/mol. The fraction of sp³-hybridized carbons (Fsp3) is 0.462. The van der Waals surface area contributed by atoms with Gasteiger partial charge in [-0.1, -0.05) is 0 Å². The number of aromatic nitrogens is 4. The molecule has 3 aromatic rings. The van der Waals surface area contributed by atoms with Gasteiger partial charge in [0.2, 0.25) is 6.41 Å². The number of rotatable bonds is 9.